The van der Waals surface area contributed by atoms with E-state index in [1.54, 1.807) is 4.57 Å². The van der Waals surface area contributed by atoms with Crippen molar-refractivity contribution < 1.29 is 0 Å². The number of hydrogen-bond donors (Lipinski definition) is 0. The van der Waals surface area contributed by atoms with Gasteiger partial charge in [-0.3, -0.25) is 4.57 Å². The summed E-state index contributed by atoms with van der Waals surface area (Å²) in [5, 5.41) is 6.53. The lowest BCUT2D eigenvalue weighted by Gasteiger charge is -2.11. The number of hydrogen-bond acceptors (Lipinski definition) is 2. The molecule has 114 valence electrons. The lowest BCUT2D eigenvalue weighted by atomic mass is 10.1. The Morgan fingerprint density at radius 3 is 2.21 bits per heavy atom. The quantitative estimate of drug-likeness (QED) is 0.472. The summed E-state index contributed by atoms with van der Waals surface area (Å²) in [5.41, 5.74) is 3.24. The molecule has 0 bridgehead atoms. The maximum Gasteiger partial charge on any atom is 0.354 e. The molecule has 0 atom stereocenters. The SMILES string of the molecule is O=c1n(-c2ccccc2)c2ccccc2c2c3ccccc3nn12. The van der Waals surface area contributed by atoms with Crippen molar-refractivity contribution in [3.05, 3.63) is 89.3 Å². The number of fused-ring (bicyclic) bond motifs is 5. The highest BCUT2D eigenvalue weighted by atomic mass is 16.1. The largest absolute Gasteiger partial charge is 0.354 e. The van der Waals surface area contributed by atoms with Gasteiger partial charge in [0.1, 0.15) is 0 Å². The second-order valence-electron chi connectivity index (χ2n) is 5.75. The van der Waals surface area contributed by atoms with Gasteiger partial charge in [-0.05, 0) is 24.3 Å². The summed E-state index contributed by atoms with van der Waals surface area (Å²) in [7, 11) is 0. The molecule has 0 aliphatic carbocycles. The molecule has 0 fully saturated rings. The van der Waals surface area contributed by atoms with Crippen LogP contribution in [0.2, 0.25) is 0 Å². The van der Waals surface area contributed by atoms with Gasteiger partial charge in [-0.25, -0.2) is 4.79 Å². The third-order valence-corrected chi connectivity index (χ3v) is 4.37. The molecule has 5 aromatic rings. The van der Waals surface area contributed by atoms with Crippen molar-refractivity contribution in [2.45, 2.75) is 0 Å². The molecule has 0 spiro atoms. The van der Waals surface area contributed by atoms with Crippen molar-refractivity contribution in [3.63, 3.8) is 0 Å². The van der Waals surface area contributed by atoms with Crippen LogP contribution in [0.25, 0.3) is 33.0 Å². The minimum absolute atomic E-state index is 0.161. The van der Waals surface area contributed by atoms with E-state index in [4.69, 9.17) is 0 Å². The van der Waals surface area contributed by atoms with Gasteiger partial charge in [0.25, 0.3) is 0 Å². The molecule has 0 N–H and O–H groups in total. The number of rotatable bonds is 1. The minimum atomic E-state index is -0.161. The van der Waals surface area contributed by atoms with E-state index >= 15 is 0 Å². The molecule has 0 radical (unpaired) electrons. The predicted octanol–water partition coefficient (Wildman–Crippen LogP) is 3.79. The molecule has 4 heteroatoms. The zero-order valence-electron chi connectivity index (χ0n) is 12.8. The van der Waals surface area contributed by atoms with Crippen LogP contribution in [0.4, 0.5) is 0 Å². The van der Waals surface area contributed by atoms with Crippen LogP contribution in [-0.2, 0) is 0 Å². The highest BCUT2D eigenvalue weighted by molar-refractivity contribution is 6.08. The molecule has 0 unspecified atom stereocenters. The Balaban J connectivity index is 2.10. The monoisotopic (exact) mass is 311 g/mol. The van der Waals surface area contributed by atoms with Crippen LogP contribution < -0.4 is 5.69 Å². The molecule has 0 aliphatic rings. The normalized spacial score (nSPS) is 11.5. The first-order valence-electron chi connectivity index (χ1n) is 7.81. The van der Waals surface area contributed by atoms with Gasteiger partial charge in [-0.15, -0.1) is 0 Å². The molecule has 24 heavy (non-hydrogen) atoms. The Bertz CT molecular complexity index is 1270. The molecule has 2 heterocycles. The Hall–Kier alpha value is -3.40. The molecule has 5 rings (SSSR count). The highest BCUT2D eigenvalue weighted by Gasteiger charge is 2.15. The Morgan fingerprint density at radius 2 is 1.38 bits per heavy atom. The summed E-state index contributed by atoms with van der Waals surface area (Å²) in [6.07, 6.45) is 0. The molecular formula is C20H13N3O. The number of benzene rings is 3. The standard InChI is InChI=1S/C20H13N3O/c24-20-22(14-8-2-1-3-9-14)18-13-7-5-11-16(18)19-15-10-4-6-12-17(15)21-23(19)20/h1-13H. The fourth-order valence-corrected chi connectivity index (χ4v) is 3.32. The fraction of sp³-hybridized carbons (Fsp3) is 0. The Labute approximate surface area is 137 Å². The van der Waals surface area contributed by atoms with Crippen molar-refractivity contribution >= 4 is 27.3 Å². The first kappa shape index (κ1) is 13.1. The molecule has 0 aliphatic heterocycles. The number of para-hydroxylation sites is 2. The van der Waals surface area contributed by atoms with Crippen molar-refractivity contribution in [2.75, 3.05) is 0 Å². The smallest absolute Gasteiger partial charge is 0.260 e. The maximum atomic E-state index is 13.2. The lowest BCUT2D eigenvalue weighted by Crippen LogP contribution is -2.26. The van der Waals surface area contributed by atoms with Crippen LogP contribution in [0.3, 0.4) is 0 Å². The van der Waals surface area contributed by atoms with E-state index in [0.29, 0.717) is 0 Å². The number of nitrogens with zero attached hydrogens (tertiary/aromatic N) is 3. The first-order chi connectivity index (χ1) is 11.8. The van der Waals surface area contributed by atoms with Gasteiger partial charge in [0, 0.05) is 10.8 Å². The summed E-state index contributed by atoms with van der Waals surface area (Å²) in [5.74, 6) is 0. The van der Waals surface area contributed by atoms with E-state index in [0.717, 1.165) is 33.0 Å². The van der Waals surface area contributed by atoms with Crippen LogP contribution >= 0.6 is 0 Å². The highest BCUT2D eigenvalue weighted by Crippen LogP contribution is 2.26. The third kappa shape index (κ3) is 1.68. The summed E-state index contributed by atoms with van der Waals surface area (Å²) >= 11 is 0. The van der Waals surface area contributed by atoms with Gasteiger partial charge < -0.3 is 0 Å². The minimum Gasteiger partial charge on any atom is -0.260 e. The molecule has 0 saturated heterocycles. The zero-order valence-corrected chi connectivity index (χ0v) is 12.8. The van der Waals surface area contributed by atoms with Crippen molar-refractivity contribution in [1.29, 1.82) is 0 Å². The Morgan fingerprint density at radius 1 is 0.708 bits per heavy atom. The molecular weight excluding hydrogens is 298 g/mol. The van der Waals surface area contributed by atoms with Crippen LogP contribution in [-0.4, -0.2) is 14.2 Å². The van der Waals surface area contributed by atoms with Gasteiger partial charge in [0.2, 0.25) is 0 Å². The van der Waals surface area contributed by atoms with Gasteiger partial charge in [0.15, 0.2) is 0 Å². The topological polar surface area (TPSA) is 39.3 Å². The fourth-order valence-electron chi connectivity index (χ4n) is 3.32. The second-order valence-corrected chi connectivity index (χ2v) is 5.75. The number of aromatic nitrogens is 3. The van der Waals surface area contributed by atoms with E-state index in [1.807, 2.05) is 78.9 Å². The van der Waals surface area contributed by atoms with Crippen LogP contribution in [0.15, 0.2) is 83.7 Å². The zero-order chi connectivity index (χ0) is 16.1. The van der Waals surface area contributed by atoms with Gasteiger partial charge >= 0.3 is 5.69 Å². The van der Waals surface area contributed by atoms with Gasteiger partial charge in [-0.2, -0.15) is 9.61 Å². The third-order valence-electron chi connectivity index (χ3n) is 4.37. The molecule has 0 saturated carbocycles. The molecule has 4 nitrogen and oxygen atoms in total. The summed E-state index contributed by atoms with van der Waals surface area (Å²) < 4.78 is 3.23. The van der Waals surface area contributed by atoms with E-state index in [2.05, 4.69) is 5.10 Å². The van der Waals surface area contributed by atoms with Crippen molar-refractivity contribution in [2.24, 2.45) is 0 Å². The maximum absolute atomic E-state index is 13.2. The second kappa shape index (κ2) is 4.80. The molecule has 0 amide bonds. The van der Waals surface area contributed by atoms with Gasteiger partial charge in [-0.1, -0.05) is 54.6 Å². The van der Waals surface area contributed by atoms with E-state index in [-0.39, 0.29) is 5.69 Å². The van der Waals surface area contributed by atoms with E-state index in [1.165, 1.54) is 4.52 Å². The average Bonchev–Trinajstić information content (AvgIpc) is 3.03. The summed E-state index contributed by atoms with van der Waals surface area (Å²) in [6, 6.07) is 25.5. The van der Waals surface area contributed by atoms with Crippen LogP contribution in [0.1, 0.15) is 0 Å². The first-order valence-corrected chi connectivity index (χ1v) is 7.81. The molecule has 3 aromatic carbocycles. The van der Waals surface area contributed by atoms with Gasteiger partial charge in [0.05, 0.1) is 22.2 Å². The van der Waals surface area contributed by atoms with Crippen molar-refractivity contribution in [1.82, 2.24) is 14.2 Å². The average molecular weight is 311 g/mol. The summed E-state index contributed by atoms with van der Waals surface area (Å²) in [6.45, 7) is 0. The Kier molecular flexibility index (Phi) is 2.61. The van der Waals surface area contributed by atoms with Crippen LogP contribution in [0.5, 0.6) is 0 Å². The van der Waals surface area contributed by atoms with E-state index in [9.17, 15) is 4.79 Å². The van der Waals surface area contributed by atoms with E-state index < -0.39 is 0 Å². The lowest BCUT2D eigenvalue weighted by molar-refractivity contribution is 0.836. The van der Waals surface area contributed by atoms with Crippen molar-refractivity contribution in [3.8, 4) is 5.69 Å². The molecule has 2 aromatic heterocycles. The van der Waals surface area contributed by atoms with Crippen LogP contribution in [0, 0.1) is 0 Å². The summed E-state index contributed by atoms with van der Waals surface area (Å²) in [4.78, 5) is 13.2. The predicted molar refractivity (Wildman–Crippen MR) is 95.8 cm³/mol.